The summed E-state index contributed by atoms with van der Waals surface area (Å²) in [7, 11) is -9.87. The lowest BCUT2D eigenvalue weighted by molar-refractivity contribution is -0.161. The molecule has 0 saturated heterocycles. The molecule has 0 heterocycles. The molecular weight excluding hydrogens is 1040 g/mol. The molecule has 0 rings (SSSR count). The molecule has 0 amide bonds. The lowest BCUT2D eigenvalue weighted by Gasteiger charge is -2.21. The van der Waals surface area contributed by atoms with Gasteiger partial charge in [0.15, 0.2) is 12.2 Å². The average molecular weight is 1160 g/mol. The fourth-order valence-corrected chi connectivity index (χ4v) is 10.3. The van der Waals surface area contributed by atoms with Crippen molar-refractivity contribution in [3.63, 3.8) is 0 Å². The van der Waals surface area contributed by atoms with E-state index in [-0.39, 0.29) is 25.7 Å². The molecule has 3 N–H and O–H groups in total. The molecule has 5 atom stereocenters. The lowest BCUT2D eigenvalue weighted by atomic mass is 10.0. The molecule has 0 aromatic rings. The first-order valence-electron chi connectivity index (χ1n) is 31.1. The molecule has 0 spiro atoms. The summed E-state index contributed by atoms with van der Waals surface area (Å²) in [5.41, 5.74) is 0. The Morgan fingerprint density at radius 3 is 0.872 bits per heavy atom. The Bertz CT molecular complexity index is 1530. The lowest BCUT2D eigenvalue weighted by Crippen LogP contribution is -2.30. The number of phosphoric ester groups is 2. The van der Waals surface area contributed by atoms with Crippen molar-refractivity contribution >= 4 is 39.5 Å². The van der Waals surface area contributed by atoms with Gasteiger partial charge in [-0.1, -0.05) is 240 Å². The maximum absolute atomic E-state index is 12.9. The van der Waals surface area contributed by atoms with E-state index in [1.165, 1.54) is 109 Å². The molecule has 17 nitrogen and oxygen atoms in total. The van der Waals surface area contributed by atoms with Gasteiger partial charge in [0, 0.05) is 25.7 Å². The van der Waals surface area contributed by atoms with Crippen LogP contribution in [0.2, 0.25) is 0 Å². The van der Waals surface area contributed by atoms with Crippen LogP contribution in [0.5, 0.6) is 0 Å². The zero-order valence-electron chi connectivity index (χ0n) is 49.8. The van der Waals surface area contributed by atoms with Crippen molar-refractivity contribution in [1.29, 1.82) is 0 Å². The van der Waals surface area contributed by atoms with Crippen LogP contribution in [0.3, 0.4) is 0 Å². The van der Waals surface area contributed by atoms with Crippen LogP contribution in [-0.2, 0) is 65.4 Å². The van der Waals surface area contributed by atoms with E-state index in [0.29, 0.717) is 25.7 Å². The summed E-state index contributed by atoms with van der Waals surface area (Å²) in [6.45, 7) is 7.03. The van der Waals surface area contributed by atoms with Crippen LogP contribution < -0.4 is 0 Å². The van der Waals surface area contributed by atoms with Gasteiger partial charge in [0.2, 0.25) is 0 Å². The molecule has 2 unspecified atom stereocenters. The molecule has 0 saturated carbocycles. The number of carbonyl (C=O) groups is 4. The Morgan fingerprint density at radius 2 is 0.590 bits per heavy atom. The minimum absolute atomic E-state index is 0.105. The molecule has 19 heteroatoms. The van der Waals surface area contributed by atoms with E-state index >= 15 is 0 Å². The van der Waals surface area contributed by atoms with E-state index in [9.17, 15) is 43.2 Å². The number of carbonyl (C=O) groups excluding carboxylic acids is 4. The number of aliphatic hydroxyl groups excluding tert-OH is 1. The summed E-state index contributed by atoms with van der Waals surface area (Å²) in [4.78, 5) is 71.7. The van der Waals surface area contributed by atoms with Crippen molar-refractivity contribution in [1.82, 2.24) is 0 Å². The fourth-order valence-electron chi connectivity index (χ4n) is 8.70. The van der Waals surface area contributed by atoms with E-state index in [0.717, 1.165) is 102 Å². The Balaban J connectivity index is 5.18. The van der Waals surface area contributed by atoms with E-state index < -0.39 is 97.5 Å². The number of rotatable bonds is 59. The second-order valence-electron chi connectivity index (χ2n) is 21.9. The highest BCUT2D eigenvalue weighted by molar-refractivity contribution is 7.47. The predicted octanol–water partition coefficient (Wildman–Crippen LogP) is 15.8. The van der Waals surface area contributed by atoms with Gasteiger partial charge in [0.05, 0.1) is 26.4 Å². The van der Waals surface area contributed by atoms with E-state index in [1.807, 2.05) is 0 Å². The topological polar surface area (TPSA) is 237 Å². The molecule has 462 valence electrons. The maximum Gasteiger partial charge on any atom is 0.472 e. The molecule has 0 radical (unpaired) electrons. The standard InChI is InChI=1S/C59H114O17P2/c1-6-9-12-15-17-19-21-22-24-30-35-40-45-59(64)76-55(49-70-57(62)43-38-33-28-26-25-27-32-36-41-52(4)5)51-74-78(67,68)72-47-53(60)46-71-77(65,66)73-50-54(48-69-56(61)42-37-31-14-11-8-3)75-58(63)44-39-34-29-23-20-18-16-13-10-7-2/h52-55,60H,6-51H2,1-5H3,(H,65,66)(H,67,68)/t53-,54+,55+/m0/s1. The second-order valence-corrected chi connectivity index (χ2v) is 24.8. The van der Waals surface area contributed by atoms with Gasteiger partial charge in [-0.3, -0.25) is 37.3 Å². The minimum atomic E-state index is -4.94. The third kappa shape index (κ3) is 53.4. The first kappa shape index (κ1) is 76.1. The Hall–Kier alpha value is -1.94. The molecule has 0 aromatic heterocycles. The summed E-state index contributed by atoms with van der Waals surface area (Å²) in [5.74, 6) is -1.42. The third-order valence-corrected chi connectivity index (χ3v) is 15.4. The Morgan fingerprint density at radius 1 is 0.346 bits per heavy atom. The number of unbranched alkanes of at least 4 members (excludes halogenated alkanes) is 31. The van der Waals surface area contributed by atoms with Crippen LogP contribution in [0, 0.1) is 5.92 Å². The SMILES string of the molecule is CCCCCCCCCCCCCCC(=O)O[C@H](COC(=O)CCCCCCCCCCC(C)C)COP(=O)(O)OC[C@@H](O)COP(=O)(O)OC[C@@H](COC(=O)CCCCCCC)OC(=O)CCCCCCCCCCCC. The van der Waals surface area contributed by atoms with Crippen molar-refractivity contribution in [3.8, 4) is 0 Å². The van der Waals surface area contributed by atoms with Gasteiger partial charge in [-0.25, -0.2) is 9.13 Å². The van der Waals surface area contributed by atoms with Crippen LogP contribution in [0.4, 0.5) is 0 Å². The molecule has 0 aromatic carbocycles. The monoisotopic (exact) mass is 1160 g/mol. The number of ether oxygens (including phenoxy) is 4. The van der Waals surface area contributed by atoms with Crippen molar-refractivity contribution in [2.75, 3.05) is 39.6 Å². The highest BCUT2D eigenvalue weighted by Crippen LogP contribution is 2.45. The van der Waals surface area contributed by atoms with Crippen LogP contribution >= 0.6 is 15.6 Å². The van der Waals surface area contributed by atoms with Gasteiger partial charge in [-0.2, -0.15) is 0 Å². The quantitative estimate of drug-likeness (QED) is 0.0222. The van der Waals surface area contributed by atoms with Gasteiger partial charge in [-0.15, -0.1) is 0 Å². The molecular formula is C59H114O17P2. The number of hydrogen-bond acceptors (Lipinski definition) is 15. The molecule has 0 bridgehead atoms. The predicted molar refractivity (Wildman–Crippen MR) is 308 cm³/mol. The second kappa shape index (κ2) is 53.1. The van der Waals surface area contributed by atoms with Crippen LogP contribution in [0.15, 0.2) is 0 Å². The number of hydrogen-bond donors (Lipinski definition) is 3. The van der Waals surface area contributed by atoms with Gasteiger partial charge in [-0.05, 0) is 31.6 Å². The van der Waals surface area contributed by atoms with Crippen molar-refractivity contribution in [3.05, 3.63) is 0 Å². The molecule has 0 aliphatic carbocycles. The number of aliphatic hydroxyl groups is 1. The summed E-state index contributed by atoms with van der Waals surface area (Å²) < 4.78 is 67.6. The average Bonchev–Trinajstić information content (AvgIpc) is 3.40. The molecule has 0 aliphatic rings. The van der Waals surface area contributed by atoms with Crippen LogP contribution in [-0.4, -0.2) is 96.7 Å². The fraction of sp³-hybridized carbons (Fsp3) is 0.932. The van der Waals surface area contributed by atoms with Crippen molar-refractivity contribution in [2.24, 2.45) is 5.92 Å². The number of phosphoric acid groups is 2. The summed E-state index contributed by atoms with van der Waals surface area (Å²) >= 11 is 0. The van der Waals surface area contributed by atoms with E-state index in [4.69, 9.17) is 37.0 Å². The first-order chi connectivity index (χ1) is 37.5. The smallest absolute Gasteiger partial charge is 0.462 e. The first-order valence-corrected chi connectivity index (χ1v) is 34.1. The van der Waals surface area contributed by atoms with Crippen molar-refractivity contribution in [2.45, 2.75) is 310 Å². The zero-order chi connectivity index (χ0) is 57.8. The largest absolute Gasteiger partial charge is 0.472 e. The Labute approximate surface area is 473 Å². The van der Waals surface area contributed by atoms with Gasteiger partial charge < -0.3 is 33.8 Å². The Kier molecular flexibility index (Phi) is 51.8. The van der Waals surface area contributed by atoms with E-state index in [1.54, 1.807) is 0 Å². The van der Waals surface area contributed by atoms with Gasteiger partial charge in [0.1, 0.15) is 19.3 Å². The third-order valence-electron chi connectivity index (χ3n) is 13.5. The van der Waals surface area contributed by atoms with Crippen molar-refractivity contribution < 1.29 is 80.2 Å². The number of esters is 4. The highest BCUT2D eigenvalue weighted by Gasteiger charge is 2.30. The van der Waals surface area contributed by atoms with E-state index in [2.05, 4.69) is 34.6 Å². The molecule has 78 heavy (non-hydrogen) atoms. The van der Waals surface area contributed by atoms with Gasteiger partial charge >= 0.3 is 39.5 Å². The summed E-state index contributed by atoms with van der Waals surface area (Å²) in [6, 6.07) is 0. The molecule has 0 aliphatic heterocycles. The minimum Gasteiger partial charge on any atom is -0.462 e. The summed E-state index contributed by atoms with van der Waals surface area (Å²) in [5, 5.41) is 10.5. The zero-order valence-corrected chi connectivity index (χ0v) is 51.6. The summed E-state index contributed by atoms with van der Waals surface area (Å²) in [6.07, 6.45) is 35.1. The normalized spacial score (nSPS) is 14.4. The van der Waals surface area contributed by atoms with Crippen LogP contribution in [0.1, 0.15) is 291 Å². The maximum atomic E-state index is 12.9. The molecule has 0 fully saturated rings. The van der Waals surface area contributed by atoms with Crippen LogP contribution in [0.25, 0.3) is 0 Å². The van der Waals surface area contributed by atoms with Gasteiger partial charge in [0.25, 0.3) is 0 Å². The highest BCUT2D eigenvalue weighted by atomic mass is 31.2.